The van der Waals surface area contributed by atoms with Gasteiger partial charge in [0.1, 0.15) is 6.10 Å². The summed E-state index contributed by atoms with van der Waals surface area (Å²) in [5.41, 5.74) is -5.27. The molecule has 0 heterocycles. The molecule has 0 spiro atoms. The number of hydrogen-bond donors (Lipinski definition) is 6. The van der Waals surface area contributed by atoms with Gasteiger partial charge in [0.2, 0.25) is 0 Å². The van der Waals surface area contributed by atoms with Gasteiger partial charge in [-0.1, -0.05) is 27.7 Å². The van der Waals surface area contributed by atoms with E-state index >= 15 is 0 Å². The van der Waals surface area contributed by atoms with Crippen molar-refractivity contribution >= 4 is 5.78 Å². The molecule has 0 saturated heterocycles. The quantitative estimate of drug-likeness (QED) is 0.337. The number of rotatable bonds is 1. The van der Waals surface area contributed by atoms with Crippen molar-refractivity contribution in [3.8, 4) is 0 Å². The first-order valence-electron chi connectivity index (χ1n) is 10.5. The zero-order chi connectivity index (χ0) is 22.3. The Morgan fingerprint density at radius 2 is 1.62 bits per heavy atom. The second-order valence-corrected chi connectivity index (χ2v) is 10.5. The number of carbonyl (C=O) groups is 1. The third kappa shape index (κ3) is 2.55. The standard InChI is InChI=1S/C22H36O7/c1-10-7-14(25)20(6)17(21(10,28)9-23)12(3)22(29)8-13(24)11(2)15(19(22,4)5)16(26)18(20)27/h10,12-14,16-17,23-26,28-29H,7-9H2,1-6H3/t10-,12?,13?,14?,16?,17?,20-,21?,22?/m1/s1. The smallest absolute Gasteiger partial charge is 0.174 e. The summed E-state index contributed by atoms with van der Waals surface area (Å²) in [6.07, 6.45) is -3.80. The zero-order valence-corrected chi connectivity index (χ0v) is 18.2. The number of Topliss-reactive ketones (excluding diaryl/α,β-unsaturated/α-hetero) is 1. The topological polar surface area (TPSA) is 138 Å². The molecule has 0 radical (unpaired) electrons. The fraction of sp³-hybridized carbons (Fsp3) is 0.864. The molecule has 7 unspecified atom stereocenters. The molecule has 0 amide bonds. The van der Waals surface area contributed by atoms with Crippen LogP contribution in [0.1, 0.15) is 54.4 Å². The molecule has 2 fully saturated rings. The van der Waals surface area contributed by atoms with Crippen LogP contribution >= 0.6 is 0 Å². The van der Waals surface area contributed by atoms with Crippen LogP contribution in [0.15, 0.2) is 11.1 Å². The number of fused-ring (bicyclic) bond motifs is 3. The maximum Gasteiger partial charge on any atom is 0.174 e. The molecule has 7 nitrogen and oxygen atoms in total. The summed E-state index contributed by atoms with van der Waals surface area (Å²) in [6.45, 7) is 9.38. The Labute approximate surface area is 172 Å². The minimum absolute atomic E-state index is 0.0318. The molecule has 0 aromatic rings. The molecule has 3 rings (SSSR count). The maximum absolute atomic E-state index is 13.7. The number of aliphatic hydroxyl groups excluding tert-OH is 4. The van der Waals surface area contributed by atoms with Crippen molar-refractivity contribution in [3.05, 3.63) is 11.1 Å². The molecule has 6 N–H and O–H groups in total. The molecule has 0 aromatic carbocycles. The second kappa shape index (κ2) is 6.58. The summed E-state index contributed by atoms with van der Waals surface area (Å²) >= 11 is 0. The van der Waals surface area contributed by atoms with E-state index in [1.807, 2.05) is 0 Å². The average molecular weight is 413 g/mol. The van der Waals surface area contributed by atoms with Crippen molar-refractivity contribution in [2.75, 3.05) is 6.61 Å². The fourth-order valence-corrected chi connectivity index (χ4v) is 6.96. The molecular weight excluding hydrogens is 376 g/mol. The van der Waals surface area contributed by atoms with Gasteiger partial charge in [0, 0.05) is 17.8 Å². The number of aliphatic hydroxyl groups is 6. The maximum atomic E-state index is 13.7. The Hall–Kier alpha value is -0.830. The lowest BCUT2D eigenvalue weighted by atomic mass is 9.42. The Morgan fingerprint density at radius 3 is 2.14 bits per heavy atom. The Morgan fingerprint density at radius 1 is 1.07 bits per heavy atom. The summed E-state index contributed by atoms with van der Waals surface area (Å²) < 4.78 is 0. The van der Waals surface area contributed by atoms with Gasteiger partial charge in [-0.3, -0.25) is 4.79 Å². The molecule has 3 aliphatic rings. The van der Waals surface area contributed by atoms with Crippen LogP contribution in [0.4, 0.5) is 0 Å². The fourth-order valence-electron chi connectivity index (χ4n) is 6.96. The van der Waals surface area contributed by atoms with Crippen molar-refractivity contribution in [1.29, 1.82) is 0 Å². The lowest BCUT2D eigenvalue weighted by Gasteiger charge is -2.64. The van der Waals surface area contributed by atoms with Crippen LogP contribution < -0.4 is 0 Å². The molecule has 2 bridgehead atoms. The SMILES string of the molecule is CC1=C2C(O)C(=O)[C@]3(C)C(O)C[C@@H](C)C(O)(CO)C3C(C)C(O)(CC1O)C2(C)C. The predicted octanol–water partition coefficient (Wildman–Crippen LogP) is 0.151. The predicted molar refractivity (Wildman–Crippen MR) is 106 cm³/mol. The van der Waals surface area contributed by atoms with E-state index in [0.29, 0.717) is 5.57 Å². The summed E-state index contributed by atoms with van der Waals surface area (Å²) in [6, 6.07) is 0. The molecule has 7 heteroatoms. The lowest BCUT2D eigenvalue weighted by molar-refractivity contribution is -0.255. The average Bonchev–Trinajstić information content (AvgIpc) is 2.63. The largest absolute Gasteiger partial charge is 0.393 e. The van der Waals surface area contributed by atoms with Crippen molar-refractivity contribution in [2.24, 2.45) is 28.6 Å². The van der Waals surface area contributed by atoms with Gasteiger partial charge in [0.15, 0.2) is 5.78 Å². The highest BCUT2D eigenvalue weighted by molar-refractivity contribution is 5.93. The third-order valence-corrected chi connectivity index (χ3v) is 9.05. The summed E-state index contributed by atoms with van der Waals surface area (Å²) in [5, 5.41) is 66.5. The Kier molecular flexibility index (Phi) is 5.19. The third-order valence-electron chi connectivity index (χ3n) is 9.05. The summed E-state index contributed by atoms with van der Waals surface area (Å²) in [5.74, 6) is -2.99. The number of carbonyl (C=O) groups excluding carboxylic acids is 1. The minimum Gasteiger partial charge on any atom is -0.393 e. The van der Waals surface area contributed by atoms with Crippen molar-refractivity contribution in [1.82, 2.24) is 0 Å². The van der Waals surface area contributed by atoms with Crippen molar-refractivity contribution in [2.45, 2.75) is 83.9 Å². The minimum atomic E-state index is -1.74. The zero-order valence-electron chi connectivity index (χ0n) is 18.2. The van der Waals surface area contributed by atoms with Gasteiger partial charge in [-0.2, -0.15) is 0 Å². The van der Waals surface area contributed by atoms with Crippen LogP contribution in [-0.4, -0.2) is 72.5 Å². The van der Waals surface area contributed by atoms with Gasteiger partial charge in [-0.15, -0.1) is 0 Å². The van der Waals surface area contributed by atoms with Gasteiger partial charge in [0.05, 0.1) is 35.4 Å². The highest BCUT2D eigenvalue weighted by Crippen LogP contribution is 2.63. The molecule has 29 heavy (non-hydrogen) atoms. The molecule has 0 aliphatic heterocycles. The van der Waals surface area contributed by atoms with Gasteiger partial charge < -0.3 is 30.6 Å². The van der Waals surface area contributed by atoms with Gasteiger partial charge in [0.25, 0.3) is 0 Å². The summed E-state index contributed by atoms with van der Waals surface area (Å²) in [4.78, 5) is 13.7. The normalized spacial score (nSPS) is 52.6. The molecule has 166 valence electrons. The van der Waals surface area contributed by atoms with Crippen LogP contribution in [0.3, 0.4) is 0 Å². The van der Waals surface area contributed by atoms with E-state index in [1.54, 1.807) is 34.6 Å². The highest BCUT2D eigenvalue weighted by Gasteiger charge is 2.70. The molecule has 3 aliphatic carbocycles. The highest BCUT2D eigenvalue weighted by atomic mass is 16.3. The van der Waals surface area contributed by atoms with E-state index in [0.717, 1.165) is 0 Å². The second-order valence-electron chi connectivity index (χ2n) is 10.5. The van der Waals surface area contributed by atoms with E-state index in [9.17, 15) is 35.4 Å². The van der Waals surface area contributed by atoms with Crippen LogP contribution in [0, 0.1) is 28.6 Å². The van der Waals surface area contributed by atoms with Gasteiger partial charge in [-0.05, 0) is 43.3 Å². The first kappa shape index (κ1) is 22.8. The van der Waals surface area contributed by atoms with Crippen LogP contribution in [-0.2, 0) is 4.79 Å². The molecule has 0 aromatic heterocycles. The lowest BCUT2D eigenvalue weighted by Crippen LogP contribution is -2.73. The van der Waals surface area contributed by atoms with E-state index in [4.69, 9.17) is 0 Å². The summed E-state index contributed by atoms with van der Waals surface area (Å²) in [7, 11) is 0. The van der Waals surface area contributed by atoms with Crippen molar-refractivity contribution < 1.29 is 35.4 Å². The number of ketones is 1. The van der Waals surface area contributed by atoms with Crippen LogP contribution in [0.2, 0.25) is 0 Å². The van der Waals surface area contributed by atoms with E-state index in [2.05, 4.69) is 0 Å². The monoisotopic (exact) mass is 412 g/mol. The first-order valence-corrected chi connectivity index (χ1v) is 10.5. The number of hydrogen-bond acceptors (Lipinski definition) is 7. The first-order chi connectivity index (χ1) is 13.1. The van der Waals surface area contributed by atoms with Gasteiger partial charge >= 0.3 is 0 Å². The Balaban J connectivity index is 2.39. The van der Waals surface area contributed by atoms with E-state index in [1.165, 1.54) is 6.92 Å². The van der Waals surface area contributed by atoms with Crippen LogP contribution in [0.25, 0.3) is 0 Å². The molecular formula is C22H36O7. The van der Waals surface area contributed by atoms with E-state index in [-0.39, 0.29) is 18.4 Å². The van der Waals surface area contributed by atoms with Crippen molar-refractivity contribution in [3.63, 3.8) is 0 Å². The van der Waals surface area contributed by atoms with Crippen LogP contribution in [0.5, 0.6) is 0 Å². The Bertz CT molecular complexity index is 745. The molecule has 9 atom stereocenters. The molecule has 2 saturated carbocycles. The van der Waals surface area contributed by atoms with Gasteiger partial charge in [-0.25, -0.2) is 0 Å². The van der Waals surface area contributed by atoms with E-state index < -0.39 is 70.5 Å².